The van der Waals surface area contributed by atoms with Crippen molar-refractivity contribution in [1.29, 1.82) is 0 Å². The van der Waals surface area contributed by atoms with Gasteiger partial charge in [-0.2, -0.15) is 0 Å². The second-order valence-electron chi connectivity index (χ2n) is 4.31. The molecule has 0 radical (unpaired) electrons. The largest absolute Gasteiger partial charge is 0.508 e. The maximum absolute atomic E-state index is 9.22. The molecule has 82 valence electrons. The minimum absolute atomic E-state index is 0.338. The van der Waals surface area contributed by atoms with Crippen LogP contribution in [0, 0.1) is 0 Å². The minimum Gasteiger partial charge on any atom is -0.508 e. The molecule has 1 heterocycles. The summed E-state index contributed by atoms with van der Waals surface area (Å²) in [6.07, 6.45) is 3.11. The number of rotatable bonds is 4. The highest BCUT2D eigenvalue weighted by Gasteiger charge is 2.35. The lowest BCUT2D eigenvalue weighted by Gasteiger charge is -2.13. The van der Waals surface area contributed by atoms with E-state index in [0.717, 1.165) is 12.8 Å². The van der Waals surface area contributed by atoms with E-state index in [1.807, 2.05) is 12.1 Å². The van der Waals surface area contributed by atoms with E-state index in [9.17, 15) is 5.11 Å². The van der Waals surface area contributed by atoms with Crippen molar-refractivity contribution in [3.05, 3.63) is 29.8 Å². The number of epoxide rings is 1. The monoisotopic (exact) mass is 206 g/mol. The highest BCUT2D eigenvalue weighted by Crippen LogP contribution is 2.34. The van der Waals surface area contributed by atoms with Crippen molar-refractivity contribution in [3.63, 3.8) is 0 Å². The molecule has 3 atom stereocenters. The third kappa shape index (κ3) is 2.51. The summed E-state index contributed by atoms with van der Waals surface area (Å²) in [4.78, 5) is 0. The Labute approximate surface area is 90.9 Å². The first kappa shape index (κ1) is 10.5. The number of benzene rings is 1. The molecule has 1 saturated heterocycles. The van der Waals surface area contributed by atoms with E-state index >= 15 is 0 Å². The van der Waals surface area contributed by atoms with Gasteiger partial charge in [0.1, 0.15) is 5.75 Å². The predicted octanol–water partition coefficient (Wildman–Crippen LogP) is 3.06. The molecule has 0 amide bonds. The molecule has 0 bridgehead atoms. The van der Waals surface area contributed by atoms with E-state index in [1.54, 1.807) is 12.1 Å². The molecule has 1 fully saturated rings. The van der Waals surface area contributed by atoms with Crippen LogP contribution in [0.15, 0.2) is 24.3 Å². The van der Waals surface area contributed by atoms with Crippen LogP contribution in [0.2, 0.25) is 0 Å². The fourth-order valence-corrected chi connectivity index (χ4v) is 2.04. The normalized spacial score (nSPS) is 26.3. The summed E-state index contributed by atoms with van der Waals surface area (Å²) in [5.74, 6) is 0.894. The van der Waals surface area contributed by atoms with Crippen LogP contribution in [0.3, 0.4) is 0 Å². The van der Waals surface area contributed by atoms with Crippen molar-refractivity contribution >= 4 is 0 Å². The highest BCUT2D eigenvalue weighted by molar-refractivity contribution is 5.28. The van der Waals surface area contributed by atoms with Crippen LogP contribution in [0.1, 0.15) is 38.2 Å². The van der Waals surface area contributed by atoms with Gasteiger partial charge in [-0.3, -0.25) is 0 Å². The Kier molecular flexibility index (Phi) is 2.96. The van der Waals surface area contributed by atoms with Crippen LogP contribution in [0.4, 0.5) is 0 Å². The molecule has 3 unspecified atom stereocenters. The first-order chi connectivity index (χ1) is 7.20. The van der Waals surface area contributed by atoms with Gasteiger partial charge in [-0.1, -0.05) is 19.1 Å². The highest BCUT2D eigenvalue weighted by atomic mass is 16.6. The molecule has 1 aromatic carbocycles. The SMILES string of the molecule is CCC(CC1OC1C)c1ccc(O)cc1. The van der Waals surface area contributed by atoms with Crippen LogP contribution in [-0.4, -0.2) is 17.3 Å². The smallest absolute Gasteiger partial charge is 0.115 e. The standard InChI is InChI=1S/C13H18O2/c1-3-10(8-13-9(2)15-13)11-4-6-12(14)7-5-11/h4-7,9-10,13-14H,3,8H2,1-2H3. The Morgan fingerprint density at radius 3 is 2.40 bits per heavy atom. The second-order valence-corrected chi connectivity index (χ2v) is 4.31. The average molecular weight is 206 g/mol. The van der Waals surface area contributed by atoms with Crippen LogP contribution in [0.5, 0.6) is 5.75 Å². The van der Waals surface area contributed by atoms with E-state index in [1.165, 1.54) is 5.56 Å². The molecule has 1 N–H and O–H groups in total. The fraction of sp³-hybridized carbons (Fsp3) is 0.538. The fourth-order valence-electron chi connectivity index (χ4n) is 2.04. The van der Waals surface area contributed by atoms with Gasteiger partial charge in [0.05, 0.1) is 12.2 Å². The number of hydrogen-bond acceptors (Lipinski definition) is 2. The number of phenolic OH excluding ortho intramolecular Hbond substituents is 1. The van der Waals surface area contributed by atoms with E-state index in [4.69, 9.17) is 4.74 Å². The lowest BCUT2D eigenvalue weighted by Crippen LogP contribution is -2.02. The average Bonchev–Trinajstić information content (AvgIpc) is 2.92. The Bertz CT molecular complexity index is 318. The Morgan fingerprint density at radius 1 is 1.33 bits per heavy atom. The molecule has 2 nitrogen and oxygen atoms in total. The Balaban J connectivity index is 2.02. The molecule has 0 spiro atoms. The number of aromatic hydroxyl groups is 1. The molecule has 0 saturated carbocycles. The van der Waals surface area contributed by atoms with Crippen molar-refractivity contribution in [3.8, 4) is 5.75 Å². The Hall–Kier alpha value is -1.02. The van der Waals surface area contributed by atoms with Gasteiger partial charge in [-0.25, -0.2) is 0 Å². The number of hydrogen-bond donors (Lipinski definition) is 1. The summed E-state index contributed by atoms with van der Waals surface area (Å²) in [5.41, 5.74) is 1.30. The number of ether oxygens (including phenoxy) is 1. The van der Waals surface area contributed by atoms with Crippen molar-refractivity contribution in [2.24, 2.45) is 0 Å². The van der Waals surface area contributed by atoms with Crippen LogP contribution >= 0.6 is 0 Å². The van der Waals surface area contributed by atoms with E-state index in [-0.39, 0.29) is 0 Å². The first-order valence-corrected chi connectivity index (χ1v) is 5.65. The summed E-state index contributed by atoms with van der Waals surface area (Å²) >= 11 is 0. The van der Waals surface area contributed by atoms with Gasteiger partial charge in [0, 0.05) is 0 Å². The summed E-state index contributed by atoms with van der Waals surface area (Å²) in [5, 5.41) is 9.22. The van der Waals surface area contributed by atoms with Gasteiger partial charge in [0.15, 0.2) is 0 Å². The van der Waals surface area contributed by atoms with Crippen molar-refractivity contribution < 1.29 is 9.84 Å². The molecule has 0 aliphatic carbocycles. The molecule has 2 rings (SSSR count). The molecule has 15 heavy (non-hydrogen) atoms. The third-order valence-electron chi connectivity index (χ3n) is 3.21. The van der Waals surface area contributed by atoms with Crippen molar-refractivity contribution in [2.45, 2.75) is 44.8 Å². The van der Waals surface area contributed by atoms with Gasteiger partial charge in [-0.05, 0) is 43.4 Å². The van der Waals surface area contributed by atoms with Gasteiger partial charge in [0.2, 0.25) is 0 Å². The van der Waals surface area contributed by atoms with Crippen molar-refractivity contribution in [1.82, 2.24) is 0 Å². The molecule has 1 aliphatic rings. The molecule has 1 aromatic rings. The zero-order valence-electron chi connectivity index (χ0n) is 9.31. The maximum Gasteiger partial charge on any atom is 0.115 e. The van der Waals surface area contributed by atoms with Crippen LogP contribution in [0.25, 0.3) is 0 Å². The first-order valence-electron chi connectivity index (χ1n) is 5.65. The summed E-state index contributed by atoms with van der Waals surface area (Å²) in [6, 6.07) is 7.54. The van der Waals surface area contributed by atoms with Gasteiger partial charge in [0.25, 0.3) is 0 Å². The summed E-state index contributed by atoms with van der Waals surface area (Å²) < 4.78 is 5.44. The quantitative estimate of drug-likeness (QED) is 0.768. The third-order valence-corrected chi connectivity index (χ3v) is 3.21. The van der Waals surface area contributed by atoms with Gasteiger partial charge >= 0.3 is 0 Å². The molecular formula is C13H18O2. The Morgan fingerprint density at radius 2 is 1.93 bits per heavy atom. The predicted molar refractivity (Wildman–Crippen MR) is 60.1 cm³/mol. The van der Waals surface area contributed by atoms with Crippen molar-refractivity contribution in [2.75, 3.05) is 0 Å². The van der Waals surface area contributed by atoms with E-state index in [0.29, 0.717) is 23.9 Å². The summed E-state index contributed by atoms with van der Waals surface area (Å²) in [7, 11) is 0. The van der Waals surface area contributed by atoms with Gasteiger partial charge in [-0.15, -0.1) is 0 Å². The molecular weight excluding hydrogens is 188 g/mol. The second kappa shape index (κ2) is 4.23. The van der Waals surface area contributed by atoms with Crippen LogP contribution in [-0.2, 0) is 4.74 Å². The van der Waals surface area contributed by atoms with Gasteiger partial charge < -0.3 is 9.84 Å². The van der Waals surface area contributed by atoms with E-state index in [2.05, 4.69) is 13.8 Å². The minimum atomic E-state index is 0.338. The maximum atomic E-state index is 9.22. The number of phenols is 1. The van der Waals surface area contributed by atoms with E-state index < -0.39 is 0 Å². The molecule has 2 heteroatoms. The van der Waals surface area contributed by atoms with Crippen LogP contribution < -0.4 is 0 Å². The lowest BCUT2D eigenvalue weighted by molar-refractivity contribution is 0.357. The molecule has 1 aliphatic heterocycles. The summed E-state index contributed by atoms with van der Waals surface area (Å²) in [6.45, 7) is 4.32. The zero-order chi connectivity index (χ0) is 10.8. The topological polar surface area (TPSA) is 32.8 Å². The lowest BCUT2D eigenvalue weighted by atomic mass is 9.91. The zero-order valence-corrected chi connectivity index (χ0v) is 9.31. The molecule has 0 aromatic heterocycles.